The molecular formula is C8H24O4Si2. The fourth-order valence-electron chi connectivity index (χ4n) is 0.912. The van der Waals surface area contributed by atoms with Crippen LogP contribution in [0.15, 0.2) is 0 Å². The Bertz CT molecular complexity index is 96.5. The van der Waals surface area contributed by atoms with Crippen LogP contribution in [0.5, 0.6) is 0 Å². The summed E-state index contributed by atoms with van der Waals surface area (Å²) in [7, 11) is 0.306. The van der Waals surface area contributed by atoms with Crippen molar-refractivity contribution in [3.05, 3.63) is 0 Å². The van der Waals surface area contributed by atoms with Gasteiger partial charge in [0.1, 0.15) is 10.5 Å². The van der Waals surface area contributed by atoms with Crippen molar-refractivity contribution >= 4 is 19.3 Å². The molecule has 14 heavy (non-hydrogen) atoms. The highest BCUT2D eigenvalue weighted by atomic mass is 28.4. The predicted octanol–water partition coefficient (Wildman–Crippen LogP) is 0.578. The molecule has 0 N–H and O–H groups in total. The first-order valence-corrected chi connectivity index (χ1v) is 7.96. The van der Waals surface area contributed by atoms with Gasteiger partial charge in [0.15, 0.2) is 0 Å². The molecule has 0 saturated carbocycles. The van der Waals surface area contributed by atoms with Gasteiger partial charge in [0.2, 0.25) is 0 Å². The first kappa shape index (κ1) is 16.7. The third-order valence-corrected chi connectivity index (χ3v) is 3.66. The van der Waals surface area contributed by atoms with Gasteiger partial charge >= 0.3 is 8.80 Å². The molecule has 0 amide bonds. The summed E-state index contributed by atoms with van der Waals surface area (Å²) in [5.41, 5.74) is 0. The molecule has 0 unspecified atom stereocenters. The Morgan fingerprint density at radius 2 is 1.14 bits per heavy atom. The second kappa shape index (κ2) is 11.3. The summed E-state index contributed by atoms with van der Waals surface area (Å²) >= 11 is 0. The van der Waals surface area contributed by atoms with E-state index in [9.17, 15) is 0 Å². The summed E-state index contributed by atoms with van der Waals surface area (Å²) in [5.74, 6) is 0. The molecule has 0 aliphatic carbocycles. The minimum atomic E-state index is -2.25. The molecule has 0 radical (unpaired) electrons. The van der Waals surface area contributed by atoms with Gasteiger partial charge < -0.3 is 17.7 Å². The van der Waals surface area contributed by atoms with Crippen LogP contribution >= 0.6 is 0 Å². The van der Waals surface area contributed by atoms with Gasteiger partial charge in [0.25, 0.3) is 0 Å². The molecule has 0 fully saturated rings. The highest BCUT2D eigenvalue weighted by Crippen LogP contribution is 2.08. The quantitative estimate of drug-likeness (QED) is 0.637. The van der Waals surface area contributed by atoms with Crippen molar-refractivity contribution in [3.63, 3.8) is 0 Å². The molecular weight excluding hydrogens is 216 g/mol. The first-order chi connectivity index (χ1) is 6.60. The molecule has 0 aromatic rings. The van der Waals surface area contributed by atoms with Crippen molar-refractivity contribution in [2.45, 2.75) is 27.3 Å². The smallest absolute Gasteiger partial charge is 0.431 e. The molecule has 0 aromatic carbocycles. The van der Waals surface area contributed by atoms with E-state index in [0.29, 0.717) is 19.8 Å². The minimum Gasteiger partial charge on any atom is -0.431 e. The van der Waals surface area contributed by atoms with Gasteiger partial charge in [-0.15, -0.1) is 0 Å². The molecule has 0 spiro atoms. The molecule has 0 bridgehead atoms. The molecule has 0 saturated heterocycles. The summed E-state index contributed by atoms with van der Waals surface area (Å²) in [6.45, 7) is 9.73. The van der Waals surface area contributed by atoms with Gasteiger partial charge in [-0.2, -0.15) is 0 Å². The second-order valence-electron chi connectivity index (χ2n) is 2.57. The summed E-state index contributed by atoms with van der Waals surface area (Å²) in [6.07, 6.45) is 0. The van der Waals surface area contributed by atoms with E-state index in [1.165, 1.54) is 0 Å². The molecule has 0 rings (SSSR count). The van der Waals surface area contributed by atoms with Gasteiger partial charge in [-0.1, -0.05) is 0 Å². The van der Waals surface area contributed by atoms with E-state index in [1.54, 1.807) is 7.11 Å². The Balaban J connectivity index is 0. The van der Waals surface area contributed by atoms with Crippen LogP contribution in [0.3, 0.4) is 0 Å². The molecule has 0 heterocycles. The van der Waals surface area contributed by atoms with Gasteiger partial charge in [-0.25, -0.2) is 0 Å². The Hall–Kier alpha value is 0.274. The standard InChI is InChI=1S/C7H18O3Si.CH6OSi/c1-5-8-11(4,9-6-2)10-7-3;1-2-3/h5-7H2,1-4H3;1,3H3. The average Bonchev–Trinajstić information content (AvgIpc) is 2.06. The van der Waals surface area contributed by atoms with E-state index in [0.717, 1.165) is 10.5 Å². The highest BCUT2D eigenvalue weighted by Gasteiger charge is 2.32. The number of hydrogen-bond donors (Lipinski definition) is 0. The number of hydrogen-bond acceptors (Lipinski definition) is 4. The number of rotatable bonds is 6. The summed E-state index contributed by atoms with van der Waals surface area (Å²) in [4.78, 5) is 0. The van der Waals surface area contributed by atoms with Crippen LogP contribution < -0.4 is 0 Å². The third-order valence-electron chi connectivity index (χ3n) is 1.22. The summed E-state index contributed by atoms with van der Waals surface area (Å²) < 4.78 is 20.6. The SMILES string of the molecule is CCO[Si](C)(OCC)OCC.CO[SiH3]. The fraction of sp³-hybridized carbons (Fsp3) is 1.00. The highest BCUT2D eigenvalue weighted by molar-refractivity contribution is 6.59. The van der Waals surface area contributed by atoms with Crippen molar-refractivity contribution in [2.24, 2.45) is 0 Å². The predicted molar refractivity (Wildman–Crippen MR) is 63.4 cm³/mol. The lowest BCUT2D eigenvalue weighted by Crippen LogP contribution is -2.42. The molecule has 0 aliphatic heterocycles. The fourth-order valence-corrected chi connectivity index (χ4v) is 2.73. The molecule has 4 nitrogen and oxygen atoms in total. The van der Waals surface area contributed by atoms with Gasteiger partial charge in [-0.3, -0.25) is 0 Å². The maximum Gasteiger partial charge on any atom is 0.497 e. The minimum absolute atomic E-state index is 0.655. The van der Waals surface area contributed by atoms with Crippen LogP contribution in [0.2, 0.25) is 6.55 Å². The molecule has 0 aliphatic rings. The lowest BCUT2D eigenvalue weighted by atomic mass is 10.9. The molecule has 88 valence electrons. The molecule has 0 aromatic heterocycles. The Morgan fingerprint density at radius 3 is 1.29 bits per heavy atom. The largest absolute Gasteiger partial charge is 0.497 e. The Kier molecular flexibility index (Phi) is 13.5. The van der Waals surface area contributed by atoms with E-state index in [1.807, 2.05) is 27.3 Å². The van der Waals surface area contributed by atoms with E-state index in [-0.39, 0.29) is 0 Å². The van der Waals surface area contributed by atoms with Crippen molar-refractivity contribution in [3.8, 4) is 0 Å². The van der Waals surface area contributed by atoms with Gasteiger partial charge in [0, 0.05) is 33.5 Å². The van der Waals surface area contributed by atoms with E-state index >= 15 is 0 Å². The maximum atomic E-state index is 5.40. The second-order valence-corrected chi connectivity index (χ2v) is 5.98. The Morgan fingerprint density at radius 1 is 0.929 bits per heavy atom. The van der Waals surface area contributed by atoms with Crippen LogP contribution in [0, 0.1) is 0 Å². The van der Waals surface area contributed by atoms with Gasteiger partial charge in [0.05, 0.1) is 0 Å². The van der Waals surface area contributed by atoms with Crippen molar-refractivity contribution in [2.75, 3.05) is 26.9 Å². The van der Waals surface area contributed by atoms with E-state index in [4.69, 9.17) is 13.3 Å². The lowest BCUT2D eigenvalue weighted by molar-refractivity contribution is 0.0783. The van der Waals surface area contributed by atoms with Crippen LogP contribution in [0.25, 0.3) is 0 Å². The van der Waals surface area contributed by atoms with Crippen molar-refractivity contribution in [1.29, 1.82) is 0 Å². The zero-order valence-corrected chi connectivity index (χ0v) is 13.3. The third kappa shape index (κ3) is 10.4. The summed E-state index contributed by atoms with van der Waals surface area (Å²) in [5, 5.41) is 0. The van der Waals surface area contributed by atoms with Crippen molar-refractivity contribution < 1.29 is 17.7 Å². The molecule has 0 atom stereocenters. The van der Waals surface area contributed by atoms with Crippen LogP contribution in [0.1, 0.15) is 20.8 Å². The van der Waals surface area contributed by atoms with Crippen molar-refractivity contribution in [1.82, 2.24) is 0 Å². The van der Waals surface area contributed by atoms with E-state index < -0.39 is 8.80 Å². The van der Waals surface area contributed by atoms with E-state index in [2.05, 4.69) is 4.43 Å². The van der Waals surface area contributed by atoms with Crippen LogP contribution in [-0.2, 0) is 17.7 Å². The topological polar surface area (TPSA) is 36.9 Å². The normalized spacial score (nSPS) is 10.9. The van der Waals surface area contributed by atoms with Crippen LogP contribution in [0.4, 0.5) is 0 Å². The first-order valence-electron chi connectivity index (χ1n) is 4.92. The van der Waals surface area contributed by atoms with Gasteiger partial charge in [-0.05, 0) is 20.8 Å². The zero-order valence-electron chi connectivity index (χ0n) is 10.3. The maximum absolute atomic E-state index is 5.40. The zero-order chi connectivity index (χ0) is 11.4. The monoisotopic (exact) mass is 240 g/mol. The Labute approximate surface area is 91.8 Å². The summed E-state index contributed by atoms with van der Waals surface area (Å²) in [6, 6.07) is 0. The lowest BCUT2D eigenvalue weighted by Gasteiger charge is -2.23. The van der Waals surface area contributed by atoms with Crippen LogP contribution in [-0.4, -0.2) is 46.2 Å². The average molecular weight is 240 g/mol. The molecule has 6 heteroatoms.